The predicted octanol–water partition coefficient (Wildman–Crippen LogP) is 6.93. The van der Waals surface area contributed by atoms with Crippen LogP contribution in [0.25, 0.3) is 11.1 Å². The van der Waals surface area contributed by atoms with Gasteiger partial charge in [-0.2, -0.15) is 5.26 Å². The van der Waals surface area contributed by atoms with E-state index in [4.69, 9.17) is 16.3 Å². The first-order chi connectivity index (χ1) is 19.3. The second kappa shape index (κ2) is 11.6. The highest BCUT2D eigenvalue weighted by Gasteiger charge is 2.36. The molecular formula is C29H29ClF2N6O3. The summed E-state index contributed by atoms with van der Waals surface area (Å²) in [6.07, 6.45) is 0.858. The van der Waals surface area contributed by atoms with Crippen LogP contribution in [0.5, 0.6) is 0 Å². The van der Waals surface area contributed by atoms with E-state index in [-0.39, 0.29) is 42.4 Å². The predicted molar refractivity (Wildman–Crippen MR) is 154 cm³/mol. The van der Waals surface area contributed by atoms with Gasteiger partial charge in [0.05, 0.1) is 22.3 Å². The fraction of sp³-hybridized carbons (Fsp3) is 0.310. The first-order valence-corrected chi connectivity index (χ1v) is 13.2. The molecule has 41 heavy (non-hydrogen) atoms. The lowest BCUT2D eigenvalue weighted by molar-refractivity contribution is 0.0305. The van der Waals surface area contributed by atoms with Crippen LogP contribution in [-0.4, -0.2) is 54.3 Å². The number of pyridine rings is 1. The zero-order valence-electron chi connectivity index (χ0n) is 23.3. The van der Waals surface area contributed by atoms with Crippen LogP contribution in [0, 0.1) is 23.0 Å². The molecule has 1 aromatic heterocycles. The Morgan fingerprint density at radius 2 is 1.85 bits per heavy atom. The Labute approximate surface area is 241 Å². The van der Waals surface area contributed by atoms with Crippen LogP contribution in [-0.2, 0) is 4.74 Å². The molecule has 0 unspecified atom stereocenters. The minimum atomic E-state index is -1.01. The molecule has 4 rings (SSSR count). The van der Waals surface area contributed by atoms with Crippen molar-refractivity contribution in [3.63, 3.8) is 0 Å². The van der Waals surface area contributed by atoms with Crippen molar-refractivity contribution < 1.29 is 23.1 Å². The monoisotopic (exact) mass is 582 g/mol. The number of halogens is 3. The molecule has 1 aliphatic rings. The van der Waals surface area contributed by atoms with Crippen molar-refractivity contribution in [2.75, 3.05) is 41.8 Å². The molecule has 9 nitrogen and oxygen atoms in total. The zero-order chi connectivity index (χ0) is 30.1. The third-order valence-electron chi connectivity index (χ3n) is 6.21. The lowest BCUT2D eigenvalue weighted by Crippen LogP contribution is -2.41. The van der Waals surface area contributed by atoms with Gasteiger partial charge in [0.25, 0.3) is 0 Å². The van der Waals surface area contributed by atoms with Gasteiger partial charge in [-0.25, -0.2) is 23.4 Å². The fourth-order valence-corrected chi connectivity index (χ4v) is 4.51. The number of hydrogen-bond acceptors (Lipinski definition) is 6. The highest BCUT2D eigenvalue weighted by molar-refractivity contribution is 6.31. The van der Waals surface area contributed by atoms with Gasteiger partial charge < -0.3 is 15.0 Å². The number of fused-ring (bicyclic) bond motifs is 3. The molecule has 3 aromatic rings. The van der Waals surface area contributed by atoms with E-state index in [1.807, 2.05) is 6.07 Å². The van der Waals surface area contributed by atoms with Crippen LogP contribution in [0.3, 0.4) is 0 Å². The minimum Gasteiger partial charge on any atom is -0.444 e. The molecule has 0 spiro atoms. The van der Waals surface area contributed by atoms with E-state index in [0.29, 0.717) is 16.1 Å². The number of urea groups is 1. The lowest BCUT2D eigenvalue weighted by Gasteiger charge is -2.28. The molecule has 12 heteroatoms. The maximum absolute atomic E-state index is 15.7. The van der Waals surface area contributed by atoms with Gasteiger partial charge in [-0.15, -0.1) is 0 Å². The molecule has 0 saturated heterocycles. The number of likely N-dealkylation sites (N-methyl/N-ethyl adjacent to an activating group) is 1. The van der Waals surface area contributed by atoms with Gasteiger partial charge in [0.1, 0.15) is 17.1 Å². The summed E-state index contributed by atoms with van der Waals surface area (Å²) in [6.45, 7) is 7.49. The zero-order valence-corrected chi connectivity index (χ0v) is 24.0. The fourth-order valence-electron chi connectivity index (χ4n) is 4.36. The van der Waals surface area contributed by atoms with Gasteiger partial charge >= 0.3 is 12.1 Å². The number of carbonyl (C=O) groups excluding carboxylic acids is 2. The number of rotatable bonds is 6. The van der Waals surface area contributed by atoms with Crippen LogP contribution >= 0.6 is 11.6 Å². The average molecular weight is 583 g/mol. The second-order valence-corrected chi connectivity index (χ2v) is 10.8. The highest BCUT2D eigenvalue weighted by atomic mass is 35.5. The SMILES string of the molecule is CCN1C(=O)N(c2c(F)cc(NCCN(C)C(=O)OC(C)(C)C)cc2F)c2cc(C#N)ccc2-c2cc(Cl)cnc21. The summed E-state index contributed by atoms with van der Waals surface area (Å²) in [7, 11) is 1.55. The Hall–Kier alpha value is -4.43. The molecule has 0 fully saturated rings. The largest absolute Gasteiger partial charge is 0.444 e. The number of hydrogen-bond donors (Lipinski definition) is 1. The van der Waals surface area contributed by atoms with Crippen LogP contribution in [0.1, 0.15) is 33.3 Å². The average Bonchev–Trinajstić information content (AvgIpc) is 2.99. The summed E-state index contributed by atoms with van der Waals surface area (Å²) < 4.78 is 36.7. The maximum atomic E-state index is 15.7. The number of carbonyl (C=O) groups is 2. The summed E-state index contributed by atoms with van der Waals surface area (Å²) >= 11 is 6.22. The van der Waals surface area contributed by atoms with Gasteiger partial charge in [0, 0.05) is 49.7 Å². The number of amides is 3. The molecule has 2 aromatic carbocycles. The first-order valence-electron chi connectivity index (χ1n) is 12.8. The molecule has 1 N–H and O–H groups in total. The number of aromatic nitrogens is 1. The van der Waals surface area contributed by atoms with Crippen LogP contribution in [0.2, 0.25) is 5.02 Å². The molecule has 0 bridgehead atoms. The van der Waals surface area contributed by atoms with Gasteiger partial charge in [-0.1, -0.05) is 17.7 Å². The number of nitrogens with one attached hydrogen (secondary N) is 1. The molecule has 214 valence electrons. The van der Waals surface area contributed by atoms with Crippen molar-refractivity contribution in [3.8, 4) is 17.2 Å². The van der Waals surface area contributed by atoms with Gasteiger partial charge in [0.2, 0.25) is 0 Å². The topological polar surface area (TPSA) is 102 Å². The molecular weight excluding hydrogens is 554 g/mol. The van der Waals surface area contributed by atoms with E-state index in [1.54, 1.807) is 52.9 Å². The number of nitriles is 1. The minimum absolute atomic E-state index is 0.104. The van der Waals surface area contributed by atoms with Crippen LogP contribution < -0.4 is 15.1 Å². The summed E-state index contributed by atoms with van der Waals surface area (Å²) in [5.41, 5.74) is 0.0326. The number of nitrogens with zero attached hydrogens (tertiary/aromatic N) is 5. The molecule has 3 amide bonds. The van der Waals surface area contributed by atoms with Crippen molar-refractivity contribution in [2.24, 2.45) is 0 Å². The van der Waals surface area contributed by atoms with E-state index in [9.17, 15) is 14.9 Å². The normalized spacial score (nSPS) is 12.7. The van der Waals surface area contributed by atoms with E-state index >= 15 is 8.78 Å². The summed E-state index contributed by atoms with van der Waals surface area (Å²) in [5, 5.41) is 12.7. The Bertz CT molecular complexity index is 1530. The van der Waals surface area contributed by atoms with Crippen molar-refractivity contribution in [1.82, 2.24) is 9.88 Å². The Kier molecular flexibility index (Phi) is 8.35. The van der Waals surface area contributed by atoms with E-state index < -0.39 is 35.0 Å². The first kappa shape index (κ1) is 29.6. The third-order valence-corrected chi connectivity index (χ3v) is 6.41. The van der Waals surface area contributed by atoms with Crippen molar-refractivity contribution >= 4 is 46.6 Å². The summed E-state index contributed by atoms with van der Waals surface area (Å²) in [5.74, 6) is -1.76. The molecule has 0 atom stereocenters. The van der Waals surface area contributed by atoms with E-state index in [1.165, 1.54) is 22.1 Å². The Balaban J connectivity index is 1.71. The summed E-state index contributed by atoms with van der Waals surface area (Å²) in [6, 6.07) is 9.53. The quantitative estimate of drug-likeness (QED) is 0.338. The molecule has 2 heterocycles. The standard InChI is InChI=1S/C29H29ClF2N6O3/c1-6-37-26-21(12-18(30)16-35-26)20-8-7-17(15-33)11-24(20)38(27(37)39)25-22(31)13-19(14-23(25)32)34-9-10-36(5)28(40)41-29(2,3)4/h7-8,11-14,16,34H,6,9-10H2,1-5H3. The number of ether oxygens (including phenoxy) is 1. The summed E-state index contributed by atoms with van der Waals surface area (Å²) in [4.78, 5) is 33.9. The maximum Gasteiger partial charge on any atom is 0.410 e. The van der Waals surface area contributed by atoms with Gasteiger partial charge in [0.15, 0.2) is 11.6 Å². The number of anilines is 4. The molecule has 0 saturated carbocycles. The smallest absolute Gasteiger partial charge is 0.410 e. The van der Waals surface area contributed by atoms with Crippen molar-refractivity contribution in [3.05, 3.63) is 64.8 Å². The number of benzene rings is 2. The lowest BCUT2D eigenvalue weighted by atomic mass is 10.0. The Morgan fingerprint density at radius 1 is 1.17 bits per heavy atom. The van der Waals surface area contributed by atoms with Crippen molar-refractivity contribution in [2.45, 2.75) is 33.3 Å². The van der Waals surface area contributed by atoms with Crippen LogP contribution in [0.4, 0.5) is 41.2 Å². The molecule has 1 aliphatic heterocycles. The van der Waals surface area contributed by atoms with E-state index in [0.717, 1.165) is 17.0 Å². The van der Waals surface area contributed by atoms with Crippen molar-refractivity contribution in [1.29, 1.82) is 5.26 Å². The van der Waals surface area contributed by atoms with Crippen LogP contribution in [0.15, 0.2) is 42.6 Å². The van der Waals surface area contributed by atoms with E-state index in [2.05, 4.69) is 10.3 Å². The van der Waals surface area contributed by atoms with Gasteiger partial charge in [-0.05, 0) is 58.0 Å². The molecule has 0 aliphatic carbocycles. The third kappa shape index (κ3) is 6.18. The highest BCUT2D eigenvalue weighted by Crippen LogP contribution is 2.45. The Morgan fingerprint density at radius 3 is 2.46 bits per heavy atom. The second-order valence-electron chi connectivity index (χ2n) is 10.3. The molecule has 0 radical (unpaired) electrons. The van der Waals surface area contributed by atoms with Gasteiger partial charge in [-0.3, -0.25) is 9.80 Å².